The van der Waals surface area contributed by atoms with Gasteiger partial charge in [0.2, 0.25) is 28.9 Å². The summed E-state index contributed by atoms with van der Waals surface area (Å²) >= 11 is 5.96. The average Bonchev–Trinajstić information content (AvgIpc) is 1.71. The number of anilines is 5. The van der Waals surface area contributed by atoms with E-state index in [0.717, 1.165) is 72.9 Å². The number of hydrogen-bond acceptors (Lipinski definition) is 16. The van der Waals surface area contributed by atoms with E-state index >= 15 is 0 Å². The van der Waals surface area contributed by atoms with Gasteiger partial charge in [-0.25, -0.2) is 24.9 Å². The molecule has 0 amide bonds. The number of benzene rings is 10. The van der Waals surface area contributed by atoms with Crippen molar-refractivity contribution in [1.82, 2.24) is 47.8 Å². The van der Waals surface area contributed by atoms with E-state index < -0.39 is 0 Å². The topological polar surface area (TPSA) is 328 Å². The third-order valence-electron chi connectivity index (χ3n) is 17.9. The third-order valence-corrected chi connectivity index (χ3v) is 18.1. The highest BCUT2D eigenvalue weighted by atomic mass is 35.5. The van der Waals surface area contributed by atoms with Gasteiger partial charge in [0.25, 0.3) is 0 Å². The fourth-order valence-corrected chi connectivity index (χ4v) is 11.8. The van der Waals surface area contributed by atoms with Crippen molar-refractivity contribution < 1.29 is 24.0 Å². The van der Waals surface area contributed by atoms with Crippen LogP contribution in [0.1, 0.15) is 125 Å². The summed E-state index contributed by atoms with van der Waals surface area (Å²) in [7, 11) is 0. The van der Waals surface area contributed by atoms with Crippen molar-refractivity contribution in [1.29, 1.82) is 5.26 Å². The lowest BCUT2D eigenvalue weighted by Crippen LogP contribution is -2.11. The maximum absolute atomic E-state index is 12.8. The monoisotopic (exact) mass is 1490 g/mol. The summed E-state index contributed by atoms with van der Waals surface area (Å²) in [5.41, 5.74) is 47.3. The Balaban J connectivity index is 0.000000137. The first-order chi connectivity index (χ1) is 53.4. The average molecular weight is 1490 g/mol. The van der Waals surface area contributed by atoms with Crippen molar-refractivity contribution in [3.63, 3.8) is 0 Å². The number of carbonyl (C=O) groups excluding carboxylic acids is 5. The Morgan fingerprint density at radius 1 is 0.297 bits per heavy atom. The van der Waals surface area contributed by atoms with Crippen LogP contribution in [0.25, 0.3) is 28.4 Å². The van der Waals surface area contributed by atoms with Crippen molar-refractivity contribution in [3.05, 3.63) is 386 Å². The van der Waals surface area contributed by atoms with Crippen LogP contribution in [-0.4, -0.2) is 76.7 Å². The molecular formula is C89H79ClN16O5. The number of aryl methyl sites for hydroxylation is 7. The van der Waals surface area contributed by atoms with E-state index in [1.54, 1.807) is 96.7 Å². The minimum Gasteiger partial charge on any atom is -0.382 e. The number of nitrogens with zero attached hydrogens (tertiary/aromatic N) is 11. The van der Waals surface area contributed by atoms with Gasteiger partial charge in [-0.2, -0.15) is 5.26 Å². The van der Waals surface area contributed by atoms with E-state index in [4.69, 9.17) is 45.5 Å². The molecule has 5 aromatic heterocycles. The zero-order valence-electron chi connectivity index (χ0n) is 62.0. The first-order valence-corrected chi connectivity index (χ1v) is 35.5. The van der Waals surface area contributed by atoms with E-state index in [1.165, 1.54) is 6.33 Å². The molecule has 0 atom stereocenters. The normalized spacial score (nSPS) is 10.5. The molecule has 22 heteroatoms. The van der Waals surface area contributed by atoms with Crippen molar-refractivity contribution in [3.8, 4) is 34.5 Å². The molecule has 0 unspecified atom stereocenters. The molecule has 111 heavy (non-hydrogen) atoms. The third kappa shape index (κ3) is 18.6. The van der Waals surface area contributed by atoms with E-state index in [1.807, 2.05) is 249 Å². The van der Waals surface area contributed by atoms with Crippen LogP contribution in [-0.2, 0) is 6.42 Å². The van der Waals surface area contributed by atoms with E-state index in [-0.39, 0.29) is 58.0 Å². The number of nitrogens with two attached hydrogens (primary N) is 5. The van der Waals surface area contributed by atoms with Gasteiger partial charge in [0, 0.05) is 61.3 Å². The summed E-state index contributed by atoms with van der Waals surface area (Å²) in [5.74, 6) is 0.343. The molecule has 10 N–H and O–H groups in total. The van der Waals surface area contributed by atoms with Gasteiger partial charge in [-0.3, -0.25) is 46.8 Å². The molecule has 0 saturated carbocycles. The molecule has 0 aliphatic rings. The fourth-order valence-electron chi connectivity index (χ4n) is 11.6. The quantitative estimate of drug-likeness (QED) is 0.0561. The molecule has 0 saturated heterocycles. The fraction of sp³-hybridized carbons (Fsp3) is 0.0899. The first kappa shape index (κ1) is 77.5. The Kier molecular flexibility index (Phi) is 24.6. The molecule has 0 aliphatic carbocycles. The van der Waals surface area contributed by atoms with Crippen LogP contribution >= 0.6 is 11.6 Å². The molecule has 10 aromatic carbocycles. The number of ketones is 5. The lowest BCUT2D eigenvalue weighted by molar-refractivity contribution is 0.102. The van der Waals surface area contributed by atoms with Crippen molar-refractivity contribution in [2.24, 2.45) is 0 Å². The van der Waals surface area contributed by atoms with Gasteiger partial charge in [0.15, 0.2) is 29.1 Å². The number of halogens is 1. The molecule has 0 spiro atoms. The number of imidazole rings is 5. The summed E-state index contributed by atoms with van der Waals surface area (Å²) in [6.45, 7) is 14.0. The molecule has 21 nitrogen and oxygen atoms in total. The van der Waals surface area contributed by atoms with Crippen LogP contribution in [0.15, 0.2) is 280 Å². The van der Waals surface area contributed by atoms with Gasteiger partial charge < -0.3 is 28.7 Å². The van der Waals surface area contributed by atoms with Gasteiger partial charge in [-0.15, -0.1) is 0 Å². The van der Waals surface area contributed by atoms with Gasteiger partial charge in [0.05, 0.1) is 12.5 Å². The van der Waals surface area contributed by atoms with Gasteiger partial charge >= 0.3 is 0 Å². The Bertz CT molecular complexity index is 5500. The van der Waals surface area contributed by atoms with Gasteiger partial charge in [-0.05, 0) is 127 Å². The number of rotatable bonds is 16. The first-order valence-electron chi connectivity index (χ1n) is 35.1. The Morgan fingerprint density at radius 2 is 0.514 bits per heavy atom. The Labute approximate surface area is 647 Å². The molecule has 5 heterocycles. The van der Waals surface area contributed by atoms with E-state index in [2.05, 4.69) is 31.0 Å². The highest BCUT2D eigenvalue weighted by Crippen LogP contribution is 2.28. The van der Waals surface area contributed by atoms with Crippen molar-refractivity contribution in [2.75, 3.05) is 28.7 Å². The lowest BCUT2D eigenvalue weighted by atomic mass is 10.1. The molecular weight excluding hydrogens is 1410 g/mol. The molecule has 15 aromatic rings. The van der Waals surface area contributed by atoms with E-state index in [0.29, 0.717) is 67.7 Å². The van der Waals surface area contributed by atoms with Crippen LogP contribution in [0.5, 0.6) is 0 Å². The zero-order valence-corrected chi connectivity index (χ0v) is 62.7. The van der Waals surface area contributed by atoms with Gasteiger partial charge in [-0.1, -0.05) is 226 Å². The number of hydrogen-bond donors (Lipinski definition) is 5. The summed E-state index contributed by atoms with van der Waals surface area (Å²) < 4.78 is 8.56. The van der Waals surface area contributed by atoms with Crippen molar-refractivity contribution >= 4 is 69.6 Å². The molecule has 0 radical (unpaired) electrons. The predicted molar refractivity (Wildman–Crippen MR) is 437 cm³/mol. The molecule has 0 bridgehead atoms. The highest BCUT2D eigenvalue weighted by molar-refractivity contribution is 6.31. The molecule has 0 aliphatic heterocycles. The zero-order chi connectivity index (χ0) is 79.0. The summed E-state index contributed by atoms with van der Waals surface area (Å²) in [4.78, 5) is 84.2. The van der Waals surface area contributed by atoms with Crippen molar-refractivity contribution in [2.45, 2.75) is 54.9 Å². The number of nitriles is 1. The van der Waals surface area contributed by atoms with Crippen LogP contribution in [0.2, 0.25) is 5.02 Å². The maximum atomic E-state index is 12.8. The second kappa shape index (κ2) is 35.2. The summed E-state index contributed by atoms with van der Waals surface area (Å²) in [6.07, 6.45) is 8.19. The highest BCUT2D eigenvalue weighted by Gasteiger charge is 2.25. The lowest BCUT2D eigenvalue weighted by Gasteiger charge is -2.09. The molecule has 0 fully saturated rings. The van der Waals surface area contributed by atoms with Crippen LogP contribution in [0.4, 0.5) is 29.1 Å². The maximum Gasteiger partial charge on any atom is 0.213 e. The van der Waals surface area contributed by atoms with Crippen LogP contribution < -0.4 is 28.7 Å². The second-order valence-corrected chi connectivity index (χ2v) is 26.6. The minimum absolute atomic E-state index is 0.129. The number of carbonyl (C=O) groups is 5. The largest absolute Gasteiger partial charge is 0.382 e. The Morgan fingerprint density at radius 3 is 0.757 bits per heavy atom. The van der Waals surface area contributed by atoms with Crippen LogP contribution in [0, 0.1) is 59.8 Å². The standard InChI is InChI=1S/C18H14N4O.3C18H17N3O.C17H14ClN3O/c19-11-10-13-6-8-15(9-7-13)22-12-21-18(20)16(22)17(23)14-4-2-1-3-5-14;3*1-12-3-7-14(8-4-12)17(22)16-18(19)20-11-21(16)15-9-5-13(2)6-10-15;1-11-5-7-14(8-6-11)21-10-20-17(19)15(21)16(22)12-3-2-4-13(18)9-12/h1-9,12H,10,20H2;3*3-11H,19H2,1-2H3;2-10H,19H2,1H3. The molecule has 15 rings (SSSR count). The number of aromatic nitrogens is 10. The minimum atomic E-state index is -0.210. The van der Waals surface area contributed by atoms with Gasteiger partial charge in [0.1, 0.15) is 60.1 Å². The SMILES string of the molecule is Cc1ccc(-n2cnc(N)c2C(=O)c2cccc(Cl)c2)cc1.Cc1ccc(C(=O)c2c(N)ncn2-c2ccc(C)cc2)cc1.Cc1ccc(C(=O)c2c(N)ncn2-c2ccc(C)cc2)cc1.Cc1ccc(C(=O)c2c(N)ncn2-c2ccc(C)cc2)cc1.N#CCc1ccc(-n2cnc(N)c2C(=O)c2ccccc2)cc1. The summed E-state index contributed by atoms with van der Waals surface area (Å²) in [5, 5.41) is 9.23. The Hall–Kier alpha value is -14.6. The second-order valence-electron chi connectivity index (χ2n) is 26.2. The summed E-state index contributed by atoms with van der Waals surface area (Å²) in [6, 6.07) is 79.0. The number of nitrogen functional groups attached to an aromatic ring is 5. The smallest absolute Gasteiger partial charge is 0.213 e. The molecule has 552 valence electrons. The van der Waals surface area contributed by atoms with E-state index in [9.17, 15) is 24.0 Å². The predicted octanol–water partition coefficient (Wildman–Crippen LogP) is 16.3. The van der Waals surface area contributed by atoms with Crippen LogP contribution in [0.3, 0.4) is 0 Å².